The zero-order chi connectivity index (χ0) is 13.9. The van der Waals surface area contributed by atoms with Gasteiger partial charge in [-0.3, -0.25) is 15.5 Å². The van der Waals surface area contributed by atoms with E-state index in [1.165, 1.54) is 64.2 Å². The Bertz CT molecular complexity index is 301. The van der Waals surface area contributed by atoms with E-state index in [1.807, 2.05) is 0 Å². The Morgan fingerprint density at radius 1 is 0.850 bits per heavy atom. The average molecular weight is 320 g/mol. The molecule has 0 aromatic rings. The molecule has 3 rings (SSSR count). The van der Waals surface area contributed by atoms with Gasteiger partial charge in [0.1, 0.15) is 11.2 Å². The fourth-order valence-corrected chi connectivity index (χ4v) is 4.45. The van der Waals surface area contributed by atoms with E-state index in [9.17, 15) is 0 Å². The summed E-state index contributed by atoms with van der Waals surface area (Å²) in [7, 11) is 0. The van der Waals surface area contributed by atoms with Crippen molar-refractivity contribution < 1.29 is 0 Å². The molecule has 2 saturated carbocycles. The summed E-state index contributed by atoms with van der Waals surface area (Å²) in [6, 6.07) is 0.603. The summed E-state index contributed by atoms with van der Waals surface area (Å²) in [6.07, 6.45) is 13.7. The first-order chi connectivity index (χ1) is 9.74. The third kappa shape index (κ3) is 4.01. The predicted molar refractivity (Wildman–Crippen MR) is 84.6 cm³/mol. The van der Waals surface area contributed by atoms with Crippen LogP contribution in [0.1, 0.15) is 64.2 Å². The molecule has 0 spiro atoms. The van der Waals surface area contributed by atoms with Crippen molar-refractivity contribution in [2.75, 3.05) is 0 Å². The molecule has 3 aliphatic rings. The van der Waals surface area contributed by atoms with Gasteiger partial charge in [-0.2, -0.15) is 0 Å². The molecule has 3 unspecified atom stereocenters. The fraction of sp³-hybridized carbons (Fsp3) is 1.00. The second kappa shape index (κ2) is 7.15. The highest BCUT2D eigenvalue weighted by Crippen LogP contribution is 2.37. The summed E-state index contributed by atoms with van der Waals surface area (Å²) < 4.78 is 0. The molecule has 3 atom stereocenters. The van der Waals surface area contributed by atoms with E-state index in [0.29, 0.717) is 12.2 Å². The number of nitrogens with one attached hydrogen (secondary N) is 2. The number of halogens is 2. The van der Waals surface area contributed by atoms with Crippen LogP contribution >= 0.6 is 23.2 Å². The molecule has 1 saturated heterocycles. The van der Waals surface area contributed by atoms with Gasteiger partial charge < -0.3 is 0 Å². The van der Waals surface area contributed by atoms with Crippen LogP contribution in [0.5, 0.6) is 0 Å². The van der Waals surface area contributed by atoms with Crippen molar-refractivity contribution in [2.24, 2.45) is 5.92 Å². The maximum Gasteiger partial charge on any atom is 0.141 e. The van der Waals surface area contributed by atoms with E-state index in [0.717, 1.165) is 5.92 Å². The number of nitrogens with zero attached hydrogens (tertiary/aromatic N) is 1. The standard InChI is InChI=1S/C15H27Cl2N3/c16-14-18-13(10-11-8-9-11)20(15(17)19-14)12-6-4-2-1-3-5-7-12/h11-15,18-19H,1-10H2. The fourth-order valence-electron chi connectivity index (χ4n) is 3.70. The zero-order valence-electron chi connectivity index (χ0n) is 12.2. The lowest BCUT2D eigenvalue weighted by Crippen LogP contribution is -2.67. The SMILES string of the molecule is ClC1NC(Cl)N(C2CCCCCCC2)C(CC2CC2)N1. The van der Waals surface area contributed by atoms with Crippen LogP contribution in [0.25, 0.3) is 0 Å². The van der Waals surface area contributed by atoms with Gasteiger partial charge in [0.15, 0.2) is 0 Å². The smallest absolute Gasteiger partial charge is 0.141 e. The van der Waals surface area contributed by atoms with Crippen molar-refractivity contribution >= 4 is 23.2 Å². The molecule has 1 heterocycles. The Morgan fingerprint density at radius 3 is 2.15 bits per heavy atom. The van der Waals surface area contributed by atoms with Gasteiger partial charge in [0.05, 0.1) is 6.17 Å². The van der Waals surface area contributed by atoms with Crippen molar-refractivity contribution in [3.8, 4) is 0 Å². The molecule has 2 N–H and O–H groups in total. The molecule has 3 nitrogen and oxygen atoms in total. The molecule has 0 aromatic carbocycles. The molecule has 5 heteroatoms. The van der Waals surface area contributed by atoms with E-state index in [4.69, 9.17) is 23.2 Å². The minimum absolute atomic E-state index is 0.132. The van der Waals surface area contributed by atoms with Crippen molar-refractivity contribution in [3.63, 3.8) is 0 Å². The van der Waals surface area contributed by atoms with Crippen LogP contribution in [0.2, 0.25) is 0 Å². The van der Waals surface area contributed by atoms with Gasteiger partial charge in [-0.05, 0) is 25.2 Å². The van der Waals surface area contributed by atoms with Crippen LogP contribution in [0.3, 0.4) is 0 Å². The first-order valence-electron chi connectivity index (χ1n) is 8.32. The van der Waals surface area contributed by atoms with Gasteiger partial charge >= 0.3 is 0 Å². The molecule has 0 aromatic heterocycles. The first kappa shape index (κ1) is 15.4. The summed E-state index contributed by atoms with van der Waals surface area (Å²) in [6.45, 7) is 0. The summed E-state index contributed by atoms with van der Waals surface area (Å²) in [5.41, 5.74) is -0.335. The van der Waals surface area contributed by atoms with Crippen LogP contribution in [-0.2, 0) is 0 Å². The van der Waals surface area contributed by atoms with E-state index in [2.05, 4.69) is 15.5 Å². The molecule has 3 fully saturated rings. The normalized spacial score (nSPS) is 38.4. The summed E-state index contributed by atoms with van der Waals surface area (Å²) in [5, 5.41) is 6.73. The van der Waals surface area contributed by atoms with Crippen molar-refractivity contribution in [1.29, 1.82) is 0 Å². The Balaban J connectivity index is 1.67. The van der Waals surface area contributed by atoms with Crippen molar-refractivity contribution in [3.05, 3.63) is 0 Å². The van der Waals surface area contributed by atoms with Gasteiger partial charge in [0, 0.05) is 6.04 Å². The Morgan fingerprint density at radius 2 is 1.50 bits per heavy atom. The molecular weight excluding hydrogens is 293 g/mol. The molecule has 1 aliphatic heterocycles. The number of alkyl halides is 2. The lowest BCUT2D eigenvalue weighted by atomic mass is 9.95. The highest BCUT2D eigenvalue weighted by molar-refractivity contribution is 6.23. The summed E-state index contributed by atoms with van der Waals surface area (Å²) >= 11 is 12.8. The minimum Gasteiger partial charge on any atom is -0.273 e. The van der Waals surface area contributed by atoms with Crippen molar-refractivity contribution in [2.45, 2.75) is 87.7 Å². The lowest BCUT2D eigenvalue weighted by Gasteiger charge is -2.47. The van der Waals surface area contributed by atoms with E-state index < -0.39 is 0 Å². The molecule has 0 amide bonds. The van der Waals surface area contributed by atoms with Gasteiger partial charge in [0.2, 0.25) is 0 Å². The van der Waals surface area contributed by atoms with Crippen LogP contribution in [0, 0.1) is 5.92 Å². The van der Waals surface area contributed by atoms with Gasteiger partial charge in [-0.1, -0.05) is 68.1 Å². The highest BCUT2D eigenvalue weighted by atomic mass is 35.5. The van der Waals surface area contributed by atoms with Gasteiger partial charge in [0.25, 0.3) is 0 Å². The lowest BCUT2D eigenvalue weighted by molar-refractivity contribution is 0.0186. The number of hydrogen-bond donors (Lipinski definition) is 2. The Kier molecular flexibility index (Phi) is 5.49. The highest BCUT2D eigenvalue weighted by Gasteiger charge is 2.39. The molecule has 2 aliphatic carbocycles. The maximum atomic E-state index is 6.59. The monoisotopic (exact) mass is 319 g/mol. The van der Waals surface area contributed by atoms with Crippen LogP contribution < -0.4 is 10.6 Å². The number of hydrogen-bond acceptors (Lipinski definition) is 3. The molecule has 20 heavy (non-hydrogen) atoms. The maximum absolute atomic E-state index is 6.59. The van der Waals surface area contributed by atoms with Crippen LogP contribution in [0.4, 0.5) is 0 Å². The number of rotatable bonds is 3. The van der Waals surface area contributed by atoms with Crippen LogP contribution in [-0.4, -0.2) is 28.4 Å². The third-order valence-corrected chi connectivity index (χ3v) is 5.60. The largest absolute Gasteiger partial charge is 0.273 e. The van der Waals surface area contributed by atoms with E-state index in [-0.39, 0.29) is 11.2 Å². The molecule has 0 radical (unpaired) electrons. The van der Waals surface area contributed by atoms with Gasteiger partial charge in [-0.15, -0.1) is 0 Å². The third-order valence-electron chi connectivity index (χ3n) is 4.99. The second-order valence-electron chi connectivity index (χ2n) is 6.67. The Labute approximate surface area is 132 Å². The Hall–Kier alpha value is 0.460. The molecule has 0 bridgehead atoms. The minimum atomic E-state index is -0.203. The van der Waals surface area contributed by atoms with Gasteiger partial charge in [-0.25, -0.2) is 0 Å². The first-order valence-corrected chi connectivity index (χ1v) is 9.19. The molecular formula is C15H27Cl2N3. The molecule has 116 valence electrons. The summed E-state index contributed by atoms with van der Waals surface area (Å²) in [5.74, 6) is 0.884. The van der Waals surface area contributed by atoms with Crippen molar-refractivity contribution in [1.82, 2.24) is 15.5 Å². The zero-order valence-corrected chi connectivity index (χ0v) is 13.7. The average Bonchev–Trinajstić information content (AvgIpc) is 3.14. The van der Waals surface area contributed by atoms with E-state index in [1.54, 1.807) is 0 Å². The van der Waals surface area contributed by atoms with Crippen LogP contribution in [0.15, 0.2) is 0 Å². The summed E-state index contributed by atoms with van der Waals surface area (Å²) in [4.78, 5) is 2.48. The second-order valence-corrected chi connectivity index (χ2v) is 7.52. The quantitative estimate of drug-likeness (QED) is 0.612. The van der Waals surface area contributed by atoms with E-state index >= 15 is 0 Å². The topological polar surface area (TPSA) is 27.3 Å². The predicted octanol–water partition coefficient (Wildman–Crippen LogP) is 3.77.